The van der Waals surface area contributed by atoms with E-state index in [1.54, 1.807) is 6.92 Å². The van der Waals surface area contributed by atoms with Crippen molar-refractivity contribution in [3.8, 4) is 0 Å². The molecule has 1 saturated heterocycles. The summed E-state index contributed by atoms with van der Waals surface area (Å²) in [5, 5.41) is 8.97. The second kappa shape index (κ2) is 4.23. The summed E-state index contributed by atoms with van der Waals surface area (Å²) in [7, 11) is 0. The van der Waals surface area contributed by atoms with Gasteiger partial charge in [0.05, 0.1) is 6.61 Å². The van der Waals surface area contributed by atoms with Gasteiger partial charge in [-0.15, -0.1) is 0 Å². The summed E-state index contributed by atoms with van der Waals surface area (Å²) in [5.74, 6) is 0.0594. The Balaban J connectivity index is 2.32. The van der Waals surface area contributed by atoms with Crippen molar-refractivity contribution in [3.05, 3.63) is 32.6 Å². The maximum atomic E-state index is 11.5. The molecule has 0 aromatic carbocycles. The first-order valence-corrected chi connectivity index (χ1v) is 5.16. The zero-order chi connectivity index (χ0) is 11.7. The fraction of sp³-hybridized carbons (Fsp3) is 0.600. The lowest BCUT2D eigenvalue weighted by Crippen LogP contribution is -2.33. The molecule has 1 aromatic heterocycles. The average molecular weight is 226 g/mol. The molecule has 2 N–H and O–H groups in total. The Morgan fingerprint density at radius 1 is 1.62 bits per heavy atom. The van der Waals surface area contributed by atoms with Crippen LogP contribution in [0.25, 0.3) is 0 Å². The minimum atomic E-state index is -0.473. The van der Waals surface area contributed by atoms with Gasteiger partial charge in [0.25, 0.3) is 5.56 Å². The summed E-state index contributed by atoms with van der Waals surface area (Å²) >= 11 is 0. The topological polar surface area (TPSA) is 84.3 Å². The number of hydrogen-bond acceptors (Lipinski definition) is 4. The predicted molar refractivity (Wildman–Crippen MR) is 56.2 cm³/mol. The summed E-state index contributed by atoms with van der Waals surface area (Å²) < 4.78 is 6.77. The first-order chi connectivity index (χ1) is 7.61. The molecule has 0 bridgehead atoms. The number of aliphatic hydroxyl groups excluding tert-OH is 1. The molecule has 0 aliphatic carbocycles. The van der Waals surface area contributed by atoms with Gasteiger partial charge in [-0.3, -0.25) is 14.3 Å². The predicted octanol–water partition coefficient (Wildman–Crippen LogP) is -0.628. The Hall–Kier alpha value is -1.40. The maximum Gasteiger partial charge on any atom is 0.330 e. The second-order valence-corrected chi connectivity index (χ2v) is 4.05. The zero-order valence-electron chi connectivity index (χ0n) is 8.97. The molecular formula is C10H14N2O4. The van der Waals surface area contributed by atoms with Crippen LogP contribution in [-0.2, 0) is 4.74 Å². The van der Waals surface area contributed by atoms with Gasteiger partial charge in [-0.2, -0.15) is 0 Å². The summed E-state index contributed by atoms with van der Waals surface area (Å²) in [6.07, 6.45) is 1.69. The largest absolute Gasteiger partial charge is 0.396 e. The molecule has 88 valence electrons. The van der Waals surface area contributed by atoms with E-state index in [1.165, 1.54) is 10.8 Å². The van der Waals surface area contributed by atoms with Crippen LogP contribution in [0.3, 0.4) is 0 Å². The fourth-order valence-corrected chi connectivity index (χ4v) is 1.79. The summed E-state index contributed by atoms with van der Waals surface area (Å²) in [5.41, 5.74) is -0.382. The number of ether oxygens (including phenoxy) is 1. The molecule has 6 nitrogen and oxygen atoms in total. The summed E-state index contributed by atoms with van der Waals surface area (Å²) in [6, 6.07) is 0. The highest BCUT2D eigenvalue weighted by Crippen LogP contribution is 2.25. The molecule has 0 saturated carbocycles. The van der Waals surface area contributed by atoms with Gasteiger partial charge in [-0.25, -0.2) is 4.79 Å². The quantitative estimate of drug-likeness (QED) is 0.703. The number of nitrogens with zero attached hydrogens (tertiary/aromatic N) is 1. The minimum Gasteiger partial charge on any atom is -0.396 e. The lowest BCUT2D eigenvalue weighted by atomic mass is 10.1. The normalized spacial score (nSPS) is 24.9. The van der Waals surface area contributed by atoms with E-state index in [0.717, 1.165) is 0 Å². The number of rotatable bonds is 2. The maximum absolute atomic E-state index is 11.5. The van der Waals surface area contributed by atoms with Crippen LogP contribution >= 0.6 is 0 Å². The highest BCUT2D eigenvalue weighted by Gasteiger charge is 2.27. The number of H-pyrrole nitrogens is 1. The lowest BCUT2D eigenvalue weighted by molar-refractivity contribution is 0.0488. The van der Waals surface area contributed by atoms with Gasteiger partial charge in [0, 0.05) is 24.3 Å². The van der Waals surface area contributed by atoms with Crippen molar-refractivity contribution in [3.63, 3.8) is 0 Å². The van der Waals surface area contributed by atoms with Crippen LogP contribution in [0.2, 0.25) is 0 Å². The van der Waals surface area contributed by atoms with Crippen molar-refractivity contribution in [2.24, 2.45) is 5.92 Å². The van der Waals surface area contributed by atoms with E-state index in [-0.39, 0.29) is 24.3 Å². The molecule has 1 aliphatic heterocycles. The standard InChI is InChI=1S/C10H14N2O4/c1-6-3-12(10(15)11-9(6)14)8-2-7(4-13)5-16-8/h3,7-8,13H,2,4-5H2,1H3,(H,11,14,15)/t7-,8+/m1/s1. The zero-order valence-corrected chi connectivity index (χ0v) is 8.97. The summed E-state index contributed by atoms with van der Waals surface area (Å²) in [4.78, 5) is 24.9. The van der Waals surface area contributed by atoms with Gasteiger partial charge in [0.2, 0.25) is 0 Å². The molecule has 0 radical (unpaired) electrons. The van der Waals surface area contributed by atoms with Crippen molar-refractivity contribution < 1.29 is 9.84 Å². The third-order valence-corrected chi connectivity index (χ3v) is 2.77. The number of nitrogens with one attached hydrogen (secondary N) is 1. The third kappa shape index (κ3) is 1.94. The average Bonchev–Trinajstić information content (AvgIpc) is 2.71. The minimum absolute atomic E-state index is 0.0492. The van der Waals surface area contributed by atoms with E-state index >= 15 is 0 Å². The molecule has 2 atom stereocenters. The molecule has 0 unspecified atom stereocenters. The van der Waals surface area contributed by atoms with E-state index < -0.39 is 5.69 Å². The molecule has 1 aromatic rings. The number of aliphatic hydroxyl groups is 1. The Labute approximate surface area is 91.5 Å². The summed E-state index contributed by atoms with van der Waals surface area (Å²) in [6.45, 7) is 2.12. The first-order valence-electron chi connectivity index (χ1n) is 5.16. The molecule has 2 heterocycles. The number of aromatic amines is 1. The van der Waals surface area contributed by atoms with Crippen molar-refractivity contribution in [2.45, 2.75) is 19.6 Å². The fourth-order valence-electron chi connectivity index (χ4n) is 1.79. The van der Waals surface area contributed by atoms with Crippen LogP contribution in [0.15, 0.2) is 15.8 Å². The second-order valence-electron chi connectivity index (χ2n) is 4.05. The number of aromatic nitrogens is 2. The Morgan fingerprint density at radius 3 is 3.00 bits per heavy atom. The smallest absolute Gasteiger partial charge is 0.330 e. The van der Waals surface area contributed by atoms with Gasteiger partial charge in [0.1, 0.15) is 6.23 Å². The van der Waals surface area contributed by atoms with Crippen LogP contribution in [-0.4, -0.2) is 27.9 Å². The Bertz CT molecular complexity index is 490. The van der Waals surface area contributed by atoms with Gasteiger partial charge in [-0.1, -0.05) is 0 Å². The molecule has 16 heavy (non-hydrogen) atoms. The van der Waals surface area contributed by atoms with E-state index in [9.17, 15) is 9.59 Å². The van der Waals surface area contributed by atoms with Crippen molar-refractivity contribution in [1.82, 2.24) is 9.55 Å². The van der Waals surface area contributed by atoms with Crippen LogP contribution in [0.4, 0.5) is 0 Å². The highest BCUT2D eigenvalue weighted by molar-refractivity contribution is 5.01. The molecule has 6 heteroatoms. The molecule has 1 fully saturated rings. The lowest BCUT2D eigenvalue weighted by Gasteiger charge is -2.12. The van der Waals surface area contributed by atoms with Crippen molar-refractivity contribution >= 4 is 0 Å². The Kier molecular flexibility index (Phi) is 2.93. The third-order valence-electron chi connectivity index (χ3n) is 2.77. The van der Waals surface area contributed by atoms with E-state index in [4.69, 9.17) is 9.84 Å². The number of aryl methyl sites for hydroxylation is 1. The van der Waals surface area contributed by atoms with Gasteiger partial charge in [-0.05, 0) is 13.3 Å². The molecular weight excluding hydrogens is 212 g/mol. The van der Waals surface area contributed by atoms with Crippen LogP contribution in [0.5, 0.6) is 0 Å². The highest BCUT2D eigenvalue weighted by atomic mass is 16.5. The van der Waals surface area contributed by atoms with Crippen LogP contribution in [0.1, 0.15) is 18.2 Å². The van der Waals surface area contributed by atoms with E-state index in [2.05, 4.69) is 4.98 Å². The van der Waals surface area contributed by atoms with Crippen LogP contribution < -0.4 is 11.2 Å². The van der Waals surface area contributed by atoms with Crippen molar-refractivity contribution in [1.29, 1.82) is 0 Å². The van der Waals surface area contributed by atoms with E-state index in [0.29, 0.717) is 18.6 Å². The molecule has 0 amide bonds. The van der Waals surface area contributed by atoms with Gasteiger partial charge >= 0.3 is 5.69 Å². The van der Waals surface area contributed by atoms with Gasteiger partial charge < -0.3 is 9.84 Å². The van der Waals surface area contributed by atoms with Crippen LogP contribution in [0, 0.1) is 12.8 Å². The monoisotopic (exact) mass is 226 g/mol. The SMILES string of the molecule is Cc1cn([C@@H]2C[C@H](CO)CO2)c(=O)[nH]c1=O. The van der Waals surface area contributed by atoms with Crippen molar-refractivity contribution in [2.75, 3.05) is 13.2 Å². The molecule has 0 spiro atoms. The first kappa shape index (κ1) is 11.1. The molecule has 2 rings (SSSR count). The van der Waals surface area contributed by atoms with Gasteiger partial charge in [0.15, 0.2) is 0 Å². The van der Waals surface area contributed by atoms with E-state index in [1.807, 2.05) is 0 Å². The number of hydrogen-bond donors (Lipinski definition) is 2. The molecule has 1 aliphatic rings. The Morgan fingerprint density at radius 2 is 2.38 bits per heavy atom.